The van der Waals surface area contributed by atoms with E-state index in [1.54, 1.807) is 13.2 Å². The predicted molar refractivity (Wildman–Crippen MR) is 70.0 cm³/mol. The fourth-order valence-corrected chi connectivity index (χ4v) is 2.35. The molecule has 0 amide bonds. The summed E-state index contributed by atoms with van der Waals surface area (Å²) in [5.74, 6) is 0.761. The Hall–Kier alpha value is -1.26. The molecule has 0 radical (unpaired) electrons. The van der Waals surface area contributed by atoms with Crippen LogP contribution in [0.3, 0.4) is 0 Å². The Morgan fingerprint density at radius 1 is 1.50 bits per heavy atom. The monoisotopic (exact) mass is 251 g/mol. The number of aromatic hydroxyl groups is 1. The van der Waals surface area contributed by atoms with E-state index < -0.39 is 0 Å². The van der Waals surface area contributed by atoms with Crippen molar-refractivity contribution in [3.63, 3.8) is 0 Å². The molecule has 18 heavy (non-hydrogen) atoms. The van der Waals surface area contributed by atoms with E-state index in [0.29, 0.717) is 18.4 Å². The van der Waals surface area contributed by atoms with Gasteiger partial charge in [0.05, 0.1) is 13.2 Å². The number of ether oxygens (including phenoxy) is 2. The molecule has 1 N–H and O–H groups in total. The second-order valence-electron chi connectivity index (χ2n) is 4.80. The predicted octanol–water partition coefficient (Wildman–Crippen LogP) is 2.01. The van der Waals surface area contributed by atoms with Crippen molar-refractivity contribution in [2.24, 2.45) is 0 Å². The molecule has 1 aliphatic heterocycles. The van der Waals surface area contributed by atoms with Gasteiger partial charge in [-0.3, -0.25) is 4.90 Å². The lowest BCUT2D eigenvalue weighted by molar-refractivity contribution is 0.0791. The third-order valence-corrected chi connectivity index (χ3v) is 3.28. The van der Waals surface area contributed by atoms with Gasteiger partial charge in [-0.25, -0.2) is 0 Å². The molecular formula is C14H21NO3. The zero-order valence-electron chi connectivity index (χ0n) is 11.1. The van der Waals surface area contributed by atoms with E-state index in [9.17, 15) is 5.11 Å². The Bertz CT molecular complexity index is 389. The van der Waals surface area contributed by atoms with Gasteiger partial charge in [0, 0.05) is 25.3 Å². The molecule has 0 aliphatic carbocycles. The van der Waals surface area contributed by atoms with Gasteiger partial charge < -0.3 is 14.6 Å². The summed E-state index contributed by atoms with van der Waals surface area (Å²) in [5.41, 5.74) is 0.884. The second kappa shape index (κ2) is 6.07. The highest BCUT2D eigenvalue weighted by molar-refractivity contribution is 5.45. The highest BCUT2D eigenvalue weighted by Crippen LogP contribution is 2.30. The summed E-state index contributed by atoms with van der Waals surface area (Å²) in [5, 5.41) is 10.0. The van der Waals surface area contributed by atoms with Crippen LogP contribution in [0.2, 0.25) is 0 Å². The zero-order valence-corrected chi connectivity index (χ0v) is 11.1. The van der Waals surface area contributed by atoms with Crippen LogP contribution < -0.4 is 4.74 Å². The minimum atomic E-state index is 0.235. The van der Waals surface area contributed by atoms with Crippen molar-refractivity contribution in [3.05, 3.63) is 23.8 Å². The zero-order chi connectivity index (χ0) is 13.0. The first-order chi connectivity index (χ1) is 8.70. The minimum absolute atomic E-state index is 0.235. The molecule has 100 valence electrons. The third-order valence-electron chi connectivity index (χ3n) is 3.28. The van der Waals surface area contributed by atoms with Gasteiger partial charge in [-0.05, 0) is 26.0 Å². The Balaban J connectivity index is 1.95. The molecule has 1 saturated heterocycles. The SMILES string of the molecule is COc1cccc(CN(C)CC2CCCO2)c1O. The molecule has 2 rings (SSSR count). The highest BCUT2D eigenvalue weighted by atomic mass is 16.5. The molecule has 1 aromatic rings. The van der Waals surface area contributed by atoms with E-state index in [4.69, 9.17) is 9.47 Å². The van der Waals surface area contributed by atoms with Crippen LogP contribution >= 0.6 is 0 Å². The molecule has 1 heterocycles. The van der Waals surface area contributed by atoms with Crippen LogP contribution in [0.15, 0.2) is 18.2 Å². The van der Waals surface area contributed by atoms with E-state index >= 15 is 0 Å². The quantitative estimate of drug-likeness (QED) is 0.869. The Morgan fingerprint density at radius 3 is 3.00 bits per heavy atom. The van der Waals surface area contributed by atoms with Crippen molar-refractivity contribution < 1.29 is 14.6 Å². The maximum absolute atomic E-state index is 10.0. The summed E-state index contributed by atoms with van der Waals surface area (Å²) in [6, 6.07) is 5.58. The summed E-state index contributed by atoms with van der Waals surface area (Å²) in [6.07, 6.45) is 2.62. The number of nitrogens with zero attached hydrogens (tertiary/aromatic N) is 1. The molecule has 4 heteroatoms. The molecule has 1 unspecified atom stereocenters. The standard InChI is InChI=1S/C14H21NO3/c1-15(10-12-6-4-8-18-12)9-11-5-3-7-13(17-2)14(11)16/h3,5,7,12,16H,4,6,8-10H2,1-2H3. The van der Waals surface area contributed by atoms with Gasteiger partial charge in [0.15, 0.2) is 11.5 Å². The summed E-state index contributed by atoms with van der Waals surface area (Å²) < 4.78 is 10.7. The Labute approximate surface area is 108 Å². The minimum Gasteiger partial charge on any atom is -0.504 e. The van der Waals surface area contributed by atoms with Crippen LogP contribution in [0.4, 0.5) is 0 Å². The average molecular weight is 251 g/mol. The third kappa shape index (κ3) is 3.15. The number of rotatable bonds is 5. The first kappa shape index (κ1) is 13.2. The summed E-state index contributed by atoms with van der Waals surface area (Å²) in [7, 11) is 3.61. The maximum atomic E-state index is 10.0. The molecule has 0 saturated carbocycles. The van der Waals surface area contributed by atoms with Gasteiger partial charge in [-0.2, -0.15) is 0 Å². The first-order valence-electron chi connectivity index (χ1n) is 6.35. The van der Waals surface area contributed by atoms with Crippen LogP contribution in [0, 0.1) is 0 Å². The van der Waals surface area contributed by atoms with Gasteiger partial charge in [-0.1, -0.05) is 12.1 Å². The second-order valence-corrected chi connectivity index (χ2v) is 4.80. The summed E-state index contributed by atoms with van der Waals surface area (Å²) >= 11 is 0. The molecule has 0 aromatic heterocycles. The van der Waals surface area contributed by atoms with Crippen molar-refractivity contribution in [1.29, 1.82) is 0 Å². The fourth-order valence-electron chi connectivity index (χ4n) is 2.35. The van der Waals surface area contributed by atoms with Crippen LogP contribution in [-0.4, -0.2) is 43.4 Å². The summed E-state index contributed by atoms with van der Waals surface area (Å²) in [4.78, 5) is 2.17. The smallest absolute Gasteiger partial charge is 0.162 e. The van der Waals surface area contributed by atoms with E-state index in [-0.39, 0.29) is 5.75 Å². The van der Waals surface area contributed by atoms with Gasteiger partial charge >= 0.3 is 0 Å². The van der Waals surface area contributed by atoms with Gasteiger partial charge in [0.25, 0.3) is 0 Å². The largest absolute Gasteiger partial charge is 0.504 e. The lowest BCUT2D eigenvalue weighted by Crippen LogP contribution is -2.28. The average Bonchev–Trinajstić information content (AvgIpc) is 2.84. The van der Waals surface area contributed by atoms with Crippen LogP contribution in [0.1, 0.15) is 18.4 Å². The van der Waals surface area contributed by atoms with Crippen LogP contribution in [-0.2, 0) is 11.3 Å². The van der Waals surface area contributed by atoms with Gasteiger partial charge in [-0.15, -0.1) is 0 Å². The lowest BCUT2D eigenvalue weighted by Gasteiger charge is -2.21. The lowest BCUT2D eigenvalue weighted by atomic mass is 10.1. The number of phenolic OH excluding ortho intramolecular Hbond substituents is 1. The Morgan fingerprint density at radius 2 is 2.33 bits per heavy atom. The molecule has 4 nitrogen and oxygen atoms in total. The molecule has 0 bridgehead atoms. The number of hydrogen-bond donors (Lipinski definition) is 1. The number of likely N-dealkylation sites (N-methyl/N-ethyl adjacent to an activating group) is 1. The first-order valence-corrected chi connectivity index (χ1v) is 6.35. The van der Waals surface area contributed by atoms with Crippen molar-refractivity contribution in [2.75, 3.05) is 27.3 Å². The van der Waals surface area contributed by atoms with Crippen molar-refractivity contribution in [3.8, 4) is 11.5 Å². The molecule has 1 aliphatic rings. The topological polar surface area (TPSA) is 41.9 Å². The van der Waals surface area contributed by atoms with E-state index in [1.165, 1.54) is 0 Å². The van der Waals surface area contributed by atoms with Crippen molar-refractivity contribution >= 4 is 0 Å². The molecule has 0 spiro atoms. The maximum Gasteiger partial charge on any atom is 0.162 e. The van der Waals surface area contributed by atoms with Crippen LogP contribution in [0.25, 0.3) is 0 Å². The van der Waals surface area contributed by atoms with Crippen molar-refractivity contribution in [2.45, 2.75) is 25.5 Å². The number of benzene rings is 1. The number of para-hydroxylation sites is 1. The molecule has 1 atom stereocenters. The van der Waals surface area contributed by atoms with Gasteiger partial charge in [0.2, 0.25) is 0 Å². The Kier molecular flexibility index (Phi) is 4.44. The molecule has 1 aromatic carbocycles. The van der Waals surface area contributed by atoms with E-state index in [0.717, 1.165) is 31.6 Å². The number of hydrogen-bond acceptors (Lipinski definition) is 4. The van der Waals surface area contributed by atoms with Crippen molar-refractivity contribution in [1.82, 2.24) is 4.90 Å². The fraction of sp³-hybridized carbons (Fsp3) is 0.571. The number of methoxy groups -OCH3 is 1. The van der Waals surface area contributed by atoms with E-state index in [1.807, 2.05) is 19.2 Å². The highest BCUT2D eigenvalue weighted by Gasteiger charge is 2.18. The van der Waals surface area contributed by atoms with E-state index in [2.05, 4.69) is 4.90 Å². The van der Waals surface area contributed by atoms with Gasteiger partial charge in [0.1, 0.15) is 0 Å². The molecular weight excluding hydrogens is 230 g/mol. The molecule has 1 fully saturated rings. The normalized spacial score (nSPS) is 19.4. The number of phenols is 1. The summed E-state index contributed by atoms with van der Waals surface area (Å²) in [6.45, 7) is 2.47. The van der Waals surface area contributed by atoms with Crippen LogP contribution in [0.5, 0.6) is 11.5 Å².